The maximum atomic E-state index is 13.8. The predicted molar refractivity (Wildman–Crippen MR) is 92.5 cm³/mol. The normalized spacial score (nSPS) is 16.1. The monoisotopic (exact) mass is 434 g/mol. The second kappa shape index (κ2) is 7.71. The number of amides is 1. The van der Waals surface area contributed by atoms with Crippen molar-refractivity contribution in [3.8, 4) is 0 Å². The van der Waals surface area contributed by atoms with Gasteiger partial charge < -0.3 is 4.90 Å². The summed E-state index contributed by atoms with van der Waals surface area (Å²) in [7, 11) is -4.21. The average molecular weight is 434 g/mol. The van der Waals surface area contributed by atoms with Crippen molar-refractivity contribution >= 4 is 15.9 Å². The number of hydrogen-bond acceptors (Lipinski definition) is 3. The number of hydrogen-bond donors (Lipinski definition) is 0. The van der Waals surface area contributed by atoms with Gasteiger partial charge in [-0.2, -0.15) is 17.5 Å². The summed E-state index contributed by atoms with van der Waals surface area (Å²) in [5, 5.41) is 0. The third kappa shape index (κ3) is 4.25. The van der Waals surface area contributed by atoms with E-state index in [1.54, 1.807) is 0 Å². The van der Waals surface area contributed by atoms with Gasteiger partial charge in [-0.1, -0.05) is 12.1 Å². The first-order valence-corrected chi connectivity index (χ1v) is 9.86. The highest BCUT2D eigenvalue weighted by Gasteiger charge is 2.35. The first-order valence-electron chi connectivity index (χ1n) is 8.42. The summed E-state index contributed by atoms with van der Waals surface area (Å²) in [6, 6.07) is 6.54. The molecule has 1 heterocycles. The van der Waals surface area contributed by atoms with Crippen LogP contribution < -0.4 is 0 Å². The van der Waals surface area contributed by atoms with E-state index in [2.05, 4.69) is 0 Å². The molecule has 1 amide bonds. The van der Waals surface area contributed by atoms with Crippen LogP contribution in [0.1, 0.15) is 15.9 Å². The van der Waals surface area contributed by atoms with Crippen molar-refractivity contribution in [3.63, 3.8) is 0 Å². The Bertz CT molecular complexity index is 1030. The van der Waals surface area contributed by atoms with E-state index in [4.69, 9.17) is 0 Å². The molecule has 2 aromatic carbocycles. The minimum Gasteiger partial charge on any atom is -0.336 e. The number of carbonyl (C=O) groups excluding carboxylic acids is 1. The van der Waals surface area contributed by atoms with Crippen molar-refractivity contribution < 1.29 is 35.2 Å². The van der Waals surface area contributed by atoms with Crippen molar-refractivity contribution in [2.24, 2.45) is 0 Å². The molecule has 0 bridgehead atoms. The minimum absolute atomic E-state index is 0.118. The minimum atomic E-state index is -4.69. The number of benzene rings is 2. The molecule has 0 radical (unpaired) electrons. The van der Waals surface area contributed by atoms with Crippen LogP contribution in [0.4, 0.5) is 22.0 Å². The SMILES string of the molecule is O=C(c1cccc(F)c1F)N1CCN(S(=O)(=O)c2cccc(C(F)(F)F)c2)CC1. The molecular weight excluding hydrogens is 419 g/mol. The van der Waals surface area contributed by atoms with Crippen LogP contribution in [-0.4, -0.2) is 49.7 Å². The molecule has 0 N–H and O–H groups in total. The molecule has 0 spiro atoms. The molecule has 11 heteroatoms. The van der Waals surface area contributed by atoms with E-state index in [0.717, 1.165) is 39.5 Å². The molecule has 1 saturated heterocycles. The fourth-order valence-electron chi connectivity index (χ4n) is 2.95. The average Bonchev–Trinajstić information content (AvgIpc) is 2.69. The van der Waals surface area contributed by atoms with Gasteiger partial charge in [0.25, 0.3) is 5.91 Å². The Balaban J connectivity index is 1.75. The highest BCUT2D eigenvalue weighted by Crippen LogP contribution is 2.31. The Labute approximate surface area is 163 Å². The Kier molecular flexibility index (Phi) is 5.63. The molecule has 0 aliphatic carbocycles. The summed E-state index contributed by atoms with van der Waals surface area (Å²) >= 11 is 0. The van der Waals surface area contributed by atoms with Gasteiger partial charge in [0.15, 0.2) is 11.6 Å². The number of rotatable bonds is 3. The predicted octanol–water partition coefficient (Wildman–Crippen LogP) is 3.13. The van der Waals surface area contributed by atoms with Crippen molar-refractivity contribution in [1.29, 1.82) is 0 Å². The van der Waals surface area contributed by atoms with Gasteiger partial charge in [-0.15, -0.1) is 0 Å². The van der Waals surface area contributed by atoms with E-state index in [-0.39, 0.29) is 26.2 Å². The van der Waals surface area contributed by atoms with Gasteiger partial charge in [0, 0.05) is 26.2 Å². The number of halogens is 5. The van der Waals surface area contributed by atoms with Gasteiger partial charge in [-0.25, -0.2) is 17.2 Å². The van der Waals surface area contributed by atoms with Crippen LogP contribution in [0.3, 0.4) is 0 Å². The van der Waals surface area contributed by atoms with Crippen molar-refractivity contribution in [1.82, 2.24) is 9.21 Å². The van der Waals surface area contributed by atoms with E-state index >= 15 is 0 Å². The zero-order valence-corrected chi connectivity index (χ0v) is 15.6. The van der Waals surface area contributed by atoms with Crippen LogP contribution in [0, 0.1) is 11.6 Å². The molecule has 0 saturated carbocycles. The molecule has 156 valence electrons. The van der Waals surface area contributed by atoms with Crippen LogP contribution >= 0.6 is 0 Å². The number of nitrogens with zero attached hydrogens (tertiary/aromatic N) is 2. The van der Waals surface area contributed by atoms with Gasteiger partial charge in [0.05, 0.1) is 16.0 Å². The molecule has 2 aromatic rings. The fourth-order valence-corrected chi connectivity index (χ4v) is 4.42. The van der Waals surface area contributed by atoms with Gasteiger partial charge in [0.2, 0.25) is 10.0 Å². The van der Waals surface area contributed by atoms with Gasteiger partial charge >= 0.3 is 6.18 Å². The van der Waals surface area contributed by atoms with Crippen molar-refractivity contribution in [2.75, 3.05) is 26.2 Å². The lowest BCUT2D eigenvalue weighted by Gasteiger charge is -2.34. The van der Waals surface area contributed by atoms with Crippen molar-refractivity contribution in [3.05, 3.63) is 65.2 Å². The molecule has 1 aliphatic heterocycles. The summed E-state index contributed by atoms with van der Waals surface area (Å²) in [5.74, 6) is -3.27. The number of alkyl halides is 3. The lowest BCUT2D eigenvalue weighted by atomic mass is 10.1. The van der Waals surface area contributed by atoms with Crippen LogP contribution in [0.5, 0.6) is 0 Å². The Morgan fingerprint density at radius 2 is 1.55 bits per heavy atom. The topological polar surface area (TPSA) is 57.7 Å². The Morgan fingerprint density at radius 3 is 2.17 bits per heavy atom. The molecule has 5 nitrogen and oxygen atoms in total. The summed E-state index contributed by atoms with van der Waals surface area (Å²) in [6.45, 7) is -0.623. The standard InChI is InChI=1S/C18H15F5N2O3S/c19-15-6-2-5-14(16(15)20)17(26)24-7-9-25(10-8-24)29(27,28)13-4-1-3-12(11-13)18(21,22)23/h1-6,11H,7-10H2. The molecule has 29 heavy (non-hydrogen) atoms. The molecule has 0 aromatic heterocycles. The summed E-state index contributed by atoms with van der Waals surface area (Å²) in [4.78, 5) is 13.0. The largest absolute Gasteiger partial charge is 0.416 e. The smallest absolute Gasteiger partial charge is 0.336 e. The number of carbonyl (C=O) groups is 1. The lowest BCUT2D eigenvalue weighted by Crippen LogP contribution is -2.50. The number of piperazine rings is 1. The third-order valence-electron chi connectivity index (χ3n) is 4.51. The maximum Gasteiger partial charge on any atom is 0.416 e. The summed E-state index contributed by atoms with van der Waals surface area (Å²) in [5.41, 5.74) is -1.56. The second-order valence-corrected chi connectivity index (χ2v) is 8.26. The van der Waals surface area contributed by atoms with Gasteiger partial charge in [-0.3, -0.25) is 4.79 Å². The highest BCUT2D eigenvalue weighted by molar-refractivity contribution is 7.89. The van der Waals surface area contributed by atoms with E-state index < -0.39 is 49.8 Å². The lowest BCUT2D eigenvalue weighted by molar-refractivity contribution is -0.137. The second-order valence-electron chi connectivity index (χ2n) is 6.32. The fraction of sp³-hybridized carbons (Fsp3) is 0.278. The first-order chi connectivity index (χ1) is 13.5. The van der Waals surface area contributed by atoms with Crippen LogP contribution in [0.2, 0.25) is 0 Å². The first kappa shape index (κ1) is 21.2. The maximum absolute atomic E-state index is 13.8. The molecule has 1 aliphatic rings. The highest BCUT2D eigenvalue weighted by atomic mass is 32.2. The molecule has 0 atom stereocenters. The molecule has 0 unspecified atom stereocenters. The summed E-state index contributed by atoms with van der Waals surface area (Å²) in [6.07, 6.45) is -4.69. The quantitative estimate of drug-likeness (QED) is 0.698. The van der Waals surface area contributed by atoms with E-state index in [9.17, 15) is 35.2 Å². The zero-order chi connectivity index (χ0) is 21.4. The van der Waals surface area contributed by atoms with Gasteiger partial charge in [0.1, 0.15) is 0 Å². The zero-order valence-electron chi connectivity index (χ0n) is 14.8. The Morgan fingerprint density at radius 1 is 0.931 bits per heavy atom. The van der Waals surface area contributed by atoms with E-state index in [1.165, 1.54) is 6.07 Å². The van der Waals surface area contributed by atoms with E-state index in [0.29, 0.717) is 6.07 Å². The van der Waals surface area contributed by atoms with Crippen LogP contribution in [0.25, 0.3) is 0 Å². The van der Waals surface area contributed by atoms with Crippen LogP contribution in [0.15, 0.2) is 47.4 Å². The van der Waals surface area contributed by atoms with Gasteiger partial charge in [-0.05, 0) is 30.3 Å². The molecule has 1 fully saturated rings. The van der Waals surface area contributed by atoms with Crippen molar-refractivity contribution in [2.45, 2.75) is 11.1 Å². The third-order valence-corrected chi connectivity index (χ3v) is 6.40. The Hall–Kier alpha value is -2.53. The van der Waals surface area contributed by atoms with E-state index in [1.807, 2.05) is 0 Å². The summed E-state index contributed by atoms with van der Waals surface area (Å²) < 4.78 is 91.9. The number of sulfonamides is 1. The molecule has 3 rings (SSSR count). The van der Waals surface area contributed by atoms with Crippen LogP contribution in [-0.2, 0) is 16.2 Å². The molecular formula is C18H15F5N2O3S.